The molecule has 4 nitrogen and oxygen atoms in total. The van der Waals surface area contributed by atoms with Gasteiger partial charge in [0.2, 0.25) is 5.91 Å². The molecule has 140 valence electrons. The van der Waals surface area contributed by atoms with E-state index in [-0.39, 0.29) is 6.42 Å². The fourth-order valence-corrected chi connectivity index (χ4v) is 2.87. The van der Waals surface area contributed by atoms with Crippen LogP contribution in [0.15, 0.2) is 36.4 Å². The molecule has 0 saturated heterocycles. The number of hydrogen-bond acceptors (Lipinski definition) is 2. The van der Waals surface area contributed by atoms with Gasteiger partial charge in [0, 0.05) is 16.3 Å². The molecule has 0 saturated carbocycles. The summed E-state index contributed by atoms with van der Waals surface area (Å²) in [6.07, 6.45) is -0.0936. The van der Waals surface area contributed by atoms with Crippen LogP contribution in [0, 0.1) is 31.3 Å². The molecule has 0 spiro atoms. The summed E-state index contributed by atoms with van der Waals surface area (Å²) in [7, 11) is 0. The van der Waals surface area contributed by atoms with Gasteiger partial charge in [-0.2, -0.15) is 5.10 Å². The number of nitrogens with one attached hydrogen (secondary N) is 1. The molecule has 1 aromatic heterocycles. The topological polar surface area (TPSA) is 46.9 Å². The number of amides is 1. The van der Waals surface area contributed by atoms with E-state index >= 15 is 0 Å². The molecule has 0 radical (unpaired) electrons. The minimum Gasteiger partial charge on any atom is -0.323 e. The Bertz CT molecular complexity index is 1020. The van der Waals surface area contributed by atoms with Crippen molar-refractivity contribution in [1.82, 2.24) is 9.78 Å². The first-order valence-electron chi connectivity index (χ1n) is 8.02. The fraction of sp³-hybridized carbons (Fsp3) is 0.158. The first kappa shape index (κ1) is 19.0. The number of rotatable bonds is 4. The number of halogens is 4. The Morgan fingerprint density at radius 3 is 2.41 bits per heavy atom. The van der Waals surface area contributed by atoms with Gasteiger partial charge < -0.3 is 5.32 Å². The van der Waals surface area contributed by atoms with Gasteiger partial charge in [-0.05, 0) is 50.2 Å². The first-order valence-corrected chi connectivity index (χ1v) is 8.40. The second-order valence-corrected chi connectivity index (χ2v) is 6.42. The van der Waals surface area contributed by atoms with Crippen molar-refractivity contribution in [3.05, 3.63) is 75.8 Å². The highest BCUT2D eigenvalue weighted by atomic mass is 35.5. The molecule has 1 N–H and O–H groups in total. The van der Waals surface area contributed by atoms with Crippen molar-refractivity contribution < 1.29 is 18.0 Å². The van der Waals surface area contributed by atoms with Gasteiger partial charge in [-0.1, -0.05) is 11.6 Å². The highest BCUT2D eigenvalue weighted by molar-refractivity contribution is 6.30. The lowest BCUT2D eigenvalue weighted by atomic mass is 10.1. The van der Waals surface area contributed by atoms with E-state index in [1.165, 1.54) is 0 Å². The quantitative estimate of drug-likeness (QED) is 0.651. The summed E-state index contributed by atoms with van der Waals surface area (Å²) in [6, 6.07) is 8.77. The maximum atomic E-state index is 13.7. The first-order chi connectivity index (χ1) is 12.8. The molecule has 1 amide bonds. The molecule has 0 aliphatic rings. The number of carbonyl (C=O) groups excluding carboxylic acids is 1. The average molecular weight is 394 g/mol. The van der Waals surface area contributed by atoms with Crippen molar-refractivity contribution in [1.29, 1.82) is 0 Å². The number of nitrogens with zero attached hydrogens (tertiary/aromatic N) is 2. The molecule has 0 aliphatic heterocycles. The molecular weight excluding hydrogens is 379 g/mol. The lowest BCUT2D eigenvalue weighted by Gasteiger charge is -2.08. The van der Waals surface area contributed by atoms with E-state index in [4.69, 9.17) is 11.6 Å². The molecule has 0 atom stereocenters. The van der Waals surface area contributed by atoms with Crippen LogP contribution in [0.25, 0.3) is 5.69 Å². The van der Waals surface area contributed by atoms with Crippen LogP contribution < -0.4 is 5.32 Å². The number of anilines is 1. The van der Waals surface area contributed by atoms with Crippen molar-refractivity contribution in [2.75, 3.05) is 5.32 Å². The van der Waals surface area contributed by atoms with Gasteiger partial charge in [-0.15, -0.1) is 0 Å². The van der Waals surface area contributed by atoms with Gasteiger partial charge in [0.15, 0.2) is 17.5 Å². The number of benzene rings is 2. The zero-order valence-electron chi connectivity index (χ0n) is 14.5. The fourth-order valence-electron chi connectivity index (χ4n) is 2.74. The molecule has 0 unspecified atom stereocenters. The SMILES string of the molecule is Cc1nn(-c2ccc(Cl)cc2)c(C)c1CC(=O)Nc1ccc(F)c(F)c1F. The van der Waals surface area contributed by atoms with Gasteiger partial charge in [0.25, 0.3) is 0 Å². The summed E-state index contributed by atoms with van der Waals surface area (Å²) in [5.41, 5.74) is 2.38. The molecule has 0 aliphatic carbocycles. The van der Waals surface area contributed by atoms with E-state index in [0.717, 1.165) is 23.5 Å². The van der Waals surface area contributed by atoms with E-state index in [1.54, 1.807) is 42.8 Å². The standard InChI is InChI=1S/C19H15ClF3N3O/c1-10-14(11(2)26(25-10)13-5-3-12(20)4-6-13)9-17(27)24-16-8-7-15(21)18(22)19(16)23/h3-8H,9H2,1-2H3,(H,24,27). The number of carbonyl (C=O) groups is 1. The second-order valence-electron chi connectivity index (χ2n) is 5.99. The van der Waals surface area contributed by atoms with Crippen LogP contribution in [0.5, 0.6) is 0 Å². The van der Waals surface area contributed by atoms with Crippen molar-refractivity contribution in [2.45, 2.75) is 20.3 Å². The zero-order valence-corrected chi connectivity index (χ0v) is 15.2. The van der Waals surface area contributed by atoms with Crippen LogP contribution in [-0.2, 0) is 11.2 Å². The highest BCUT2D eigenvalue weighted by Gasteiger charge is 2.19. The van der Waals surface area contributed by atoms with Crippen LogP contribution in [-0.4, -0.2) is 15.7 Å². The normalized spacial score (nSPS) is 10.9. The van der Waals surface area contributed by atoms with E-state index in [0.29, 0.717) is 16.3 Å². The monoisotopic (exact) mass is 393 g/mol. The Morgan fingerprint density at radius 2 is 1.74 bits per heavy atom. The summed E-state index contributed by atoms with van der Waals surface area (Å²) in [6.45, 7) is 3.55. The Labute approximate surface area is 158 Å². The average Bonchev–Trinajstić information content (AvgIpc) is 2.91. The Morgan fingerprint density at radius 1 is 1.07 bits per heavy atom. The van der Waals surface area contributed by atoms with Crippen molar-refractivity contribution in [3.63, 3.8) is 0 Å². The van der Waals surface area contributed by atoms with Crippen LogP contribution >= 0.6 is 11.6 Å². The van der Waals surface area contributed by atoms with E-state index in [9.17, 15) is 18.0 Å². The predicted molar refractivity (Wildman–Crippen MR) is 96.7 cm³/mol. The molecule has 0 fully saturated rings. The summed E-state index contributed by atoms with van der Waals surface area (Å²) < 4.78 is 41.7. The van der Waals surface area contributed by atoms with E-state index in [1.807, 2.05) is 0 Å². The maximum Gasteiger partial charge on any atom is 0.229 e. The Balaban J connectivity index is 1.83. The molecule has 2 aromatic carbocycles. The number of hydrogen-bond donors (Lipinski definition) is 1. The largest absolute Gasteiger partial charge is 0.323 e. The smallest absolute Gasteiger partial charge is 0.229 e. The summed E-state index contributed by atoms with van der Waals surface area (Å²) >= 11 is 5.89. The number of aromatic nitrogens is 2. The Hall–Kier alpha value is -2.80. The third kappa shape index (κ3) is 3.83. The maximum absolute atomic E-state index is 13.7. The van der Waals surface area contributed by atoms with Gasteiger partial charge >= 0.3 is 0 Å². The summed E-state index contributed by atoms with van der Waals surface area (Å²) in [5.74, 6) is -4.95. The van der Waals surface area contributed by atoms with Crippen LogP contribution in [0.2, 0.25) is 5.02 Å². The molecule has 27 heavy (non-hydrogen) atoms. The van der Waals surface area contributed by atoms with E-state index < -0.39 is 29.0 Å². The molecule has 0 bridgehead atoms. The van der Waals surface area contributed by atoms with Gasteiger partial charge in [0.05, 0.1) is 23.5 Å². The van der Waals surface area contributed by atoms with Crippen LogP contribution in [0.1, 0.15) is 17.0 Å². The third-order valence-corrected chi connectivity index (χ3v) is 4.41. The van der Waals surface area contributed by atoms with Crippen molar-refractivity contribution >= 4 is 23.2 Å². The minimum absolute atomic E-state index is 0.0936. The van der Waals surface area contributed by atoms with Gasteiger partial charge in [-0.3, -0.25) is 4.79 Å². The van der Waals surface area contributed by atoms with Gasteiger partial charge in [0.1, 0.15) is 0 Å². The molecular formula is C19H15ClF3N3O. The number of aryl methyl sites for hydroxylation is 1. The minimum atomic E-state index is -1.63. The highest BCUT2D eigenvalue weighted by Crippen LogP contribution is 2.22. The predicted octanol–water partition coefficient (Wildman–Crippen LogP) is 4.74. The molecule has 1 heterocycles. The Kier molecular flexibility index (Phi) is 5.23. The molecule has 8 heteroatoms. The summed E-state index contributed by atoms with van der Waals surface area (Å²) in [4.78, 5) is 12.3. The summed E-state index contributed by atoms with van der Waals surface area (Å²) in [5, 5.41) is 7.28. The lowest BCUT2D eigenvalue weighted by Crippen LogP contribution is -2.17. The molecule has 3 rings (SSSR count). The lowest BCUT2D eigenvalue weighted by molar-refractivity contribution is -0.115. The van der Waals surface area contributed by atoms with Crippen LogP contribution in [0.3, 0.4) is 0 Å². The van der Waals surface area contributed by atoms with E-state index in [2.05, 4.69) is 10.4 Å². The molecule has 3 aromatic rings. The zero-order chi connectivity index (χ0) is 19.7. The van der Waals surface area contributed by atoms with Crippen LogP contribution in [0.4, 0.5) is 18.9 Å². The third-order valence-electron chi connectivity index (χ3n) is 4.16. The van der Waals surface area contributed by atoms with Crippen molar-refractivity contribution in [2.24, 2.45) is 0 Å². The van der Waals surface area contributed by atoms with Crippen molar-refractivity contribution in [3.8, 4) is 5.69 Å². The van der Waals surface area contributed by atoms with Gasteiger partial charge in [-0.25, -0.2) is 17.9 Å². The second kappa shape index (κ2) is 7.44.